The summed E-state index contributed by atoms with van der Waals surface area (Å²) in [6.07, 6.45) is -4.82. The number of hydrogen-bond donors (Lipinski definition) is 5. The van der Waals surface area contributed by atoms with Crippen molar-refractivity contribution in [2.75, 3.05) is 18.5 Å². The minimum atomic E-state index is -1.92. The Morgan fingerprint density at radius 3 is 2.33 bits per heavy atom. The Kier molecular flexibility index (Phi) is 7.06. The summed E-state index contributed by atoms with van der Waals surface area (Å²) in [4.78, 5) is 11.5. The first-order valence-corrected chi connectivity index (χ1v) is 6.32. The average Bonchev–Trinajstić information content (AvgIpc) is 2.47. The third-order valence-electron chi connectivity index (χ3n) is 2.44. The van der Waals surface area contributed by atoms with Gasteiger partial charge in [0.15, 0.2) is 18.8 Å². The largest absolute Gasteiger partial charge is 0.462 e. The molecule has 0 radical (unpaired) electrons. The van der Waals surface area contributed by atoms with Crippen molar-refractivity contribution in [1.29, 1.82) is 0 Å². The van der Waals surface area contributed by atoms with Crippen molar-refractivity contribution in [1.82, 2.24) is 0 Å². The highest BCUT2D eigenvalue weighted by molar-refractivity contribution is 5.89. The number of esters is 1. The van der Waals surface area contributed by atoms with E-state index in [0.717, 1.165) is 0 Å². The second kappa shape index (κ2) is 8.55. The number of anilines is 1. The molecule has 5 N–H and O–H groups in total. The van der Waals surface area contributed by atoms with E-state index in [1.165, 1.54) is 24.3 Å². The van der Waals surface area contributed by atoms with E-state index < -0.39 is 31.4 Å². The number of carbonyl (C=O) groups is 1. The van der Waals surface area contributed by atoms with Crippen LogP contribution in [-0.2, 0) is 9.47 Å². The van der Waals surface area contributed by atoms with Gasteiger partial charge >= 0.3 is 5.97 Å². The van der Waals surface area contributed by atoms with Crippen molar-refractivity contribution >= 4 is 11.7 Å². The van der Waals surface area contributed by atoms with E-state index in [-0.39, 0.29) is 6.61 Å². The van der Waals surface area contributed by atoms with E-state index in [2.05, 4.69) is 5.32 Å². The van der Waals surface area contributed by atoms with Crippen molar-refractivity contribution < 1.29 is 34.7 Å². The summed E-state index contributed by atoms with van der Waals surface area (Å²) >= 11 is 0. The molecule has 118 valence electrons. The first-order chi connectivity index (χ1) is 9.97. The Hall–Kier alpha value is -1.71. The number of hydrogen-bond acceptors (Lipinski definition) is 8. The molecule has 1 unspecified atom stereocenters. The van der Waals surface area contributed by atoms with Crippen LogP contribution in [0.25, 0.3) is 0 Å². The molecule has 1 aromatic carbocycles. The minimum Gasteiger partial charge on any atom is -0.462 e. The van der Waals surface area contributed by atoms with Crippen LogP contribution < -0.4 is 5.32 Å². The maximum absolute atomic E-state index is 11.5. The average molecular weight is 301 g/mol. The Morgan fingerprint density at radius 2 is 1.86 bits per heavy atom. The zero-order valence-corrected chi connectivity index (χ0v) is 11.5. The van der Waals surface area contributed by atoms with Gasteiger partial charge in [-0.3, -0.25) is 0 Å². The van der Waals surface area contributed by atoms with Crippen LogP contribution in [0.2, 0.25) is 0 Å². The molecule has 2 atom stereocenters. The highest BCUT2D eigenvalue weighted by Crippen LogP contribution is 2.13. The van der Waals surface area contributed by atoms with Crippen molar-refractivity contribution in [3.63, 3.8) is 0 Å². The van der Waals surface area contributed by atoms with E-state index in [0.29, 0.717) is 11.3 Å². The molecular weight excluding hydrogens is 282 g/mol. The third kappa shape index (κ3) is 5.66. The van der Waals surface area contributed by atoms with Crippen LogP contribution in [0, 0.1) is 0 Å². The molecule has 0 bridgehead atoms. The molecule has 0 spiro atoms. The smallest absolute Gasteiger partial charge is 0.338 e. The minimum absolute atomic E-state index is 0.268. The molecule has 0 saturated carbocycles. The van der Waals surface area contributed by atoms with Gasteiger partial charge in [0, 0.05) is 5.69 Å². The number of nitrogens with one attached hydrogen (secondary N) is 1. The van der Waals surface area contributed by atoms with Crippen molar-refractivity contribution in [3.8, 4) is 0 Å². The van der Waals surface area contributed by atoms with Crippen molar-refractivity contribution in [2.45, 2.75) is 25.7 Å². The molecular formula is C13H19NO7. The fraction of sp³-hybridized carbons (Fsp3) is 0.462. The van der Waals surface area contributed by atoms with Gasteiger partial charge in [-0.1, -0.05) is 0 Å². The van der Waals surface area contributed by atoms with E-state index in [9.17, 15) is 4.79 Å². The predicted molar refractivity (Wildman–Crippen MR) is 72.2 cm³/mol. The van der Waals surface area contributed by atoms with Gasteiger partial charge in [-0.05, 0) is 31.2 Å². The maximum Gasteiger partial charge on any atom is 0.338 e. The summed E-state index contributed by atoms with van der Waals surface area (Å²) in [5.41, 5.74) is 0.770. The van der Waals surface area contributed by atoms with Crippen LogP contribution in [0.3, 0.4) is 0 Å². The molecule has 0 saturated heterocycles. The zero-order chi connectivity index (χ0) is 15.8. The molecule has 8 heteroatoms. The molecule has 0 fully saturated rings. The van der Waals surface area contributed by atoms with Gasteiger partial charge in [0.1, 0.15) is 0 Å². The first kappa shape index (κ1) is 17.3. The molecule has 1 rings (SSSR count). The highest BCUT2D eigenvalue weighted by Gasteiger charge is 2.20. The summed E-state index contributed by atoms with van der Waals surface area (Å²) in [5.74, 6) is -0.463. The predicted octanol–water partition coefficient (Wildman–Crippen LogP) is -0.761. The van der Waals surface area contributed by atoms with Gasteiger partial charge in [0.05, 0.1) is 18.8 Å². The summed E-state index contributed by atoms with van der Waals surface area (Å²) in [7, 11) is 0. The summed E-state index contributed by atoms with van der Waals surface area (Å²) in [6, 6.07) is 6.00. The zero-order valence-electron chi connectivity index (χ0n) is 11.5. The van der Waals surface area contributed by atoms with E-state index in [4.69, 9.17) is 29.9 Å². The number of rotatable bonds is 8. The molecule has 0 aromatic heterocycles. The quantitative estimate of drug-likeness (QED) is 0.313. The standard InChI is InChI=1S/C13H19NO7/c1-2-20-13(19)8-3-5-9(6-4-8)14-11(12(17)18)21-10(16)7-15/h3-6,10-12,14-18H,2,7H2,1H3/t10?,11-/m0/s1. The van der Waals surface area contributed by atoms with Gasteiger partial charge in [-0.15, -0.1) is 0 Å². The normalized spacial score (nSPS) is 13.8. The number of ether oxygens (including phenoxy) is 2. The van der Waals surface area contributed by atoms with Crippen LogP contribution in [0.5, 0.6) is 0 Å². The van der Waals surface area contributed by atoms with E-state index >= 15 is 0 Å². The lowest BCUT2D eigenvalue weighted by Crippen LogP contribution is -2.40. The lowest BCUT2D eigenvalue weighted by atomic mass is 10.2. The monoisotopic (exact) mass is 301 g/mol. The summed E-state index contributed by atoms with van der Waals surface area (Å²) in [6.45, 7) is 1.28. The van der Waals surface area contributed by atoms with Crippen LogP contribution >= 0.6 is 0 Å². The lowest BCUT2D eigenvalue weighted by Gasteiger charge is -2.24. The number of carbonyl (C=O) groups excluding carboxylic acids is 1. The lowest BCUT2D eigenvalue weighted by molar-refractivity contribution is -0.211. The third-order valence-corrected chi connectivity index (χ3v) is 2.44. The fourth-order valence-electron chi connectivity index (χ4n) is 1.47. The van der Waals surface area contributed by atoms with Crippen molar-refractivity contribution in [3.05, 3.63) is 29.8 Å². The fourth-order valence-corrected chi connectivity index (χ4v) is 1.47. The van der Waals surface area contributed by atoms with Crippen LogP contribution in [0.4, 0.5) is 5.69 Å². The molecule has 21 heavy (non-hydrogen) atoms. The van der Waals surface area contributed by atoms with Gasteiger partial charge < -0.3 is 35.2 Å². The number of aliphatic hydroxyl groups excluding tert-OH is 3. The van der Waals surface area contributed by atoms with Crippen LogP contribution in [0.1, 0.15) is 17.3 Å². The van der Waals surface area contributed by atoms with Crippen LogP contribution in [-0.4, -0.2) is 58.4 Å². The molecule has 0 heterocycles. The van der Waals surface area contributed by atoms with Gasteiger partial charge in [0.2, 0.25) is 0 Å². The van der Waals surface area contributed by atoms with Crippen LogP contribution in [0.15, 0.2) is 24.3 Å². The topological polar surface area (TPSA) is 128 Å². The molecule has 1 aromatic rings. The Bertz CT molecular complexity index is 435. The van der Waals surface area contributed by atoms with Gasteiger partial charge in [0.25, 0.3) is 0 Å². The summed E-state index contributed by atoms with van der Waals surface area (Å²) < 4.78 is 9.61. The second-order valence-corrected chi connectivity index (χ2v) is 4.05. The number of aliphatic hydroxyl groups is 4. The molecule has 0 aliphatic heterocycles. The summed E-state index contributed by atoms with van der Waals surface area (Å²) in [5, 5.41) is 38.7. The second-order valence-electron chi connectivity index (χ2n) is 4.05. The Balaban J connectivity index is 2.69. The van der Waals surface area contributed by atoms with E-state index in [1.54, 1.807) is 6.92 Å². The van der Waals surface area contributed by atoms with Gasteiger partial charge in [-0.2, -0.15) is 0 Å². The Labute approximate surface area is 121 Å². The molecule has 0 aliphatic carbocycles. The molecule has 0 aliphatic rings. The Morgan fingerprint density at radius 1 is 1.24 bits per heavy atom. The first-order valence-electron chi connectivity index (χ1n) is 6.32. The maximum atomic E-state index is 11.5. The van der Waals surface area contributed by atoms with Crippen molar-refractivity contribution in [2.24, 2.45) is 0 Å². The number of benzene rings is 1. The SMILES string of the molecule is CCOC(=O)c1ccc(N[C@@H](OC(O)CO)C(O)O)cc1. The molecule has 8 nitrogen and oxygen atoms in total. The highest BCUT2D eigenvalue weighted by atomic mass is 16.6. The van der Waals surface area contributed by atoms with Gasteiger partial charge in [-0.25, -0.2) is 4.79 Å². The molecule has 0 amide bonds. The van der Waals surface area contributed by atoms with E-state index in [1.807, 2.05) is 0 Å².